The number of carboxylic acids is 2. The van der Waals surface area contributed by atoms with E-state index in [1.807, 2.05) is 5.92 Å². The van der Waals surface area contributed by atoms with Crippen LogP contribution in [-0.2, 0) is 115 Å². The van der Waals surface area contributed by atoms with Gasteiger partial charge in [-0.25, -0.2) is 58.5 Å². The lowest BCUT2D eigenvalue weighted by Crippen LogP contribution is -2.55. The summed E-state index contributed by atoms with van der Waals surface area (Å²) < 4.78 is 65.2. The number of benzene rings is 3. The van der Waals surface area contributed by atoms with Gasteiger partial charge in [0.05, 0.1) is 62.8 Å². The first-order valence-electron chi connectivity index (χ1n) is 44.1. The fraction of sp³-hybridized carbons (Fsp3) is 0.446. The third kappa shape index (κ3) is 23.2. The number of aromatic amines is 2. The number of amides is 6. The number of carboxylic acid groups (broad SMARTS) is 2. The van der Waals surface area contributed by atoms with Gasteiger partial charge < -0.3 is 93.5 Å². The molecule has 6 aliphatic rings. The normalized spacial score (nSPS) is 23.3. The van der Waals surface area contributed by atoms with Gasteiger partial charge in [0, 0.05) is 96.4 Å². The average molecular weight is 2080 g/mol. The maximum Gasteiger partial charge on any atom is 0.348 e. The molecule has 14 atom stereocenters. The number of carbonyl (C=O) groups excluding carboxylic acids is 10. The number of imidazole rings is 3. The summed E-state index contributed by atoms with van der Waals surface area (Å²) in [5.41, 5.74) is -8.44. The Morgan fingerprint density at radius 1 is 0.510 bits per heavy atom. The summed E-state index contributed by atoms with van der Waals surface area (Å²) in [4.78, 5) is 204. The van der Waals surface area contributed by atoms with Crippen molar-refractivity contribution >= 4 is 180 Å². The van der Waals surface area contributed by atoms with E-state index < -0.39 is 167 Å². The summed E-state index contributed by atoms with van der Waals surface area (Å²) >= 11 is 29.4. The number of hydrogen-bond acceptors (Lipinski definition) is 34. The number of nitrogens with zero attached hydrogens (tertiary/aromatic N) is 13. The smallest absolute Gasteiger partial charge is 0.348 e. The number of ketones is 2. The SMILES string of the molecule is C#C[C@@]1(C)[C@@H](COC(Cc2ccc(N3CCCNC3=O)cc2)(C(C)=O)C(=O)OCC)OC(OC(C)=O)[C@@H]1OC(C)=O.C#C[C@@]1(C)[C@@H](COC(Cc2ccc(N3CCCNC3=O)cc2)(C(C)=O)C(=O)OCC)O[C@@H](n2cnc3c(Cl)nc(Cl)nc32)[C@@H]1OC(C)=O.C#C[C@@]1(O)[C@@H](COC(Cc2ccc(N3CCCNC3=O)cc2)(C(=O)O)C(=O)O)O[C@@H](n2cnc3c(=O)[nH]c(Cl)nc32)[C@@H]1O.Clc1nc(Cl)c2[nH]cnc2n1. The first-order chi connectivity index (χ1) is 67.9. The fourth-order valence-electron chi connectivity index (χ4n) is 16.4. The van der Waals surface area contributed by atoms with E-state index in [-0.39, 0.29) is 105 Å². The van der Waals surface area contributed by atoms with E-state index in [9.17, 15) is 82.8 Å². The van der Waals surface area contributed by atoms with E-state index in [0.29, 0.717) is 78.6 Å². The second kappa shape index (κ2) is 45.7. The Labute approximate surface area is 838 Å². The molecule has 12 heterocycles. The summed E-state index contributed by atoms with van der Waals surface area (Å²) in [5, 5.41) is 50.4. The number of rotatable bonds is 31. The van der Waals surface area contributed by atoms with E-state index in [1.165, 1.54) is 61.9 Å². The Morgan fingerprint density at radius 2 is 0.916 bits per heavy atom. The summed E-state index contributed by atoms with van der Waals surface area (Å²) in [7, 11) is 0. The van der Waals surface area contributed by atoms with E-state index in [4.69, 9.17) is 129 Å². The molecule has 6 fully saturated rings. The molecule has 3 aromatic carbocycles. The average Bonchev–Trinajstić information content (AvgIpc) is 1.59. The van der Waals surface area contributed by atoms with Crippen molar-refractivity contribution in [3.8, 4) is 37.0 Å². The van der Waals surface area contributed by atoms with E-state index in [2.05, 4.69) is 77.6 Å². The second-order valence-electron chi connectivity index (χ2n) is 33.5. The molecule has 6 aliphatic heterocycles. The number of fused-ring (bicyclic) bond motifs is 3. The van der Waals surface area contributed by atoms with Crippen LogP contribution in [0.1, 0.15) is 111 Å². The van der Waals surface area contributed by atoms with Crippen molar-refractivity contribution in [3.05, 3.63) is 145 Å². The van der Waals surface area contributed by atoms with Gasteiger partial charge in [0.15, 0.2) is 74.6 Å². The minimum Gasteiger partial charge on any atom is -0.479 e. The molecule has 6 amide bonds. The van der Waals surface area contributed by atoms with Gasteiger partial charge in [-0.1, -0.05) is 77.4 Å². The number of aliphatic carboxylic acids is 2. The van der Waals surface area contributed by atoms with Crippen LogP contribution >= 0.6 is 58.0 Å². The summed E-state index contributed by atoms with van der Waals surface area (Å²) in [6.45, 7) is 14.1. The summed E-state index contributed by atoms with van der Waals surface area (Å²) in [6.07, 6.45) is 10.8. The number of terminal acetylenes is 3. The number of aliphatic hydroxyl groups is 2. The van der Waals surface area contributed by atoms with Crippen LogP contribution in [0.3, 0.4) is 0 Å². The highest BCUT2D eigenvalue weighted by Gasteiger charge is 2.62. The number of carbonyl (C=O) groups is 12. The zero-order valence-corrected chi connectivity index (χ0v) is 81.7. The zero-order valence-electron chi connectivity index (χ0n) is 77.9. The van der Waals surface area contributed by atoms with Gasteiger partial charge in [-0.2, -0.15) is 15.0 Å². The number of urea groups is 3. The topological polar surface area (TPSA) is 595 Å². The molecule has 758 valence electrons. The Kier molecular flexibility index (Phi) is 34.6. The highest BCUT2D eigenvalue weighted by molar-refractivity contribution is 6.36. The number of halogens is 5. The lowest BCUT2D eigenvalue weighted by atomic mass is 9.81. The number of ether oxygens (including phenoxy) is 11. The standard InChI is InChI=1S/C32H34Cl2N6O8.C29H36N2O10.C26H25ClN6O10.C5H2Cl2N4/c1-6-31(5)22(48-27(24(31)47-19(4)42)40-17-36-23-25(33)37-29(34)38-26(23)40)16-46-32(18(3)41,28(43)45-7-2)15-20-9-11-21(12-10-20)39-14-8-13-35-30(39)44;1-7-28(6)23(41-25(40-20(5)34)24(28)39-19(4)33)17-38-29(18(3)32,26(35)37-8-2)16-21-10-12-22(13-11-21)31-15-9-14-30-27(31)36;1-2-25(41)15(43-20(17(25)34)33-12-29-16-18(33)30-23(27)31-19(16)35)11-42-26(21(36)37,22(38)39)10-13-4-6-14(7-5-13)32-9-3-8-28-24(32)40;6-3-2-4(9-1-8-2)11-5(7)10-3/h1,9-12,17,22,24,27H,7-8,13-16H2,2-5H3,(H,35,44);1,10-13,23-25H,8-9,14-17H2,2-6H3,(H,30,36);1,4-7,12,15,17,20,34,41H,3,8-11H2,(H,28,40)(H,36,37)(H,38,39)(H,30,31,35);1H,(H,8,9,10,11)/t22-,24+,27-,31+,32?;23-,24+,25?,28+,29?;15-,17+,20-,25-;/m111./s1. The Hall–Kier alpha value is -13.6. The van der Waals surface area contributed by atoms with Gasteiger partial charge in [0.25, 0.3) is 11.2 Å². The Bertz CT molecular complexity index is 6520. The zero-order chi connectivity index (χ0) is 104. The van der Waals surface area contributed by atoms with Crippen LogP contribution in [0.15, 0.2) is 96.6 Å². The summed E-state index contributed by atoms with van der Waals surface area (Å²) in [5.74, 6) is -1.50. The molecule has 6 saturated heterocycles. The highest BCUT2D eigenvalue weighted by Crippen LogP contribution is 2.48. The molecule has 9 aromatic rings. The van der Waals surface area contributed by atoms with Gasteiger partial charge >= 0.3 is 59.9 Å². The molecule has 0 spiro atoms. The van der Waals surface area contributed by atoms with Gasteiger partial charge in [-0.3, -0.25) is 57.6 Å². The molecular formula is C92H97Cl5N18O28. The molecule has 9 N–H and O–H groups in total. The molecule has 143 heavy (non-hydrogen) atoms. The monoisotopic (exact) mass is 2080 g/mol. The second-order valence-corrected chi connectivity index (χ2v) is 35.2. The fourth-order valence-corrected chi connectivity index (χ4v) is 17.4. The van der Waals surface area contributed by atoms with Crippen LogP contribution < -0.4 is 36.2 Å². The van der Waals surface area contributed by atoms with Crippen molar-refractivity contribution in [3.63, 3.8) is 0 Å². The molecule has 6 aromatic heterocycles. The van der Waals surface area contributed by atoms with Gasteiger partial charge in [-0.05, 0) is 149 Å². The van der Waals surface area contributed by atoms with Crippen molar-refractivity contribution in [2.45, 2.75) is 179 Å². The molecule has 15 rings (SSSR count). The van der Waals surface area contributed by atoms with Crippen LogP contribution in [0.2, 0.25) is 26.2 Å². The number of Topliss-reactive ketones (excluding diaryl/α,β-unsaturated/α-hetero) is 2. The van der Waals surface area contributed by atoms with E-state index in [1.54, 1.807) is 98.2 Å². The third-order valence-corrected chi connectivity index (χ3v) is 25.3. The van der Waals surface area contributed by atoms with Gasteiger partial charge in [0.1, 0.15) is 35.4 Å². The van der Waals surface area contributed by atoms with Gasteiger partial charge in [0.2, 0.25) is 33.3 Å². The van der Waals surface area contributed by atoms with E-state index >= 15 is 0 Å². The number of nitrogens with one attached hydrogen (secondary N) is 5. The Morgan fingerprint density at radius 3 is 1.36 bits per heavy atom. The van der Waals surface area contributed by atoms with Crippen molar-refractivity contribution in [1.82, 2.24) is 74.9 Å². The van der Waals surface area contributed by atoms with Crippen molar-refractivity contribution in [2.75, 3.05) is 87.0 Å². The van der Waals surface area contributed by atoms with Crippen molar-refractivity contribution < 1.29 is 130 Å². The van der Waals surface area contributed by atoms with Crippen LogP contribution in [0.5, 0.6) is 0 Å². The third-order valence-electron chi connectivity index (χ3n) is 24.2. The van der Waals surface area contributed by atoms with E-state index in [0.717, 1.165) is 37.1 Å². The number of H-pyrrole nitrogens is 2. The lowest BCUT2D eigenvalue weighted by Gasteiger charge is -2.33. The first kappa shape index (κ1) is 108. The minimum absolute atomic E-state index is 0.00159. The molecule has 0 aliphatic carbocycles. The quantitative estimate of drug-likeness (QED) is 0.00543. The van der Waals surface area contributed by atoms with Gasteiger partial charge in [-0.15, -0.1) is 19.3 Å². The molecule has 51 heteroatoms. The number of anilines is 3. The van der Waals surface area contributed by atoms with Crippen LogP contribution in [0.25, 0.3) is 33.5 Å². The van der Waals surface area contributed by atoms with Crippen LogP contribution in [0.4, 0.5) is 31.4 Å². The molecule has 0 bridgehead atoms. The predicted octanol–water partition coefficient (Wildman–Crippen LogP) is 6.73. The number of aliphatic hydroxyl groups excluding tert-OH is 1. The minimum atomic E-state index is -2.87. The Balaban J connectivity index is 0.000000181. The molecular weight excluding hydrogens is 1980 g/mol. The predicted molar refractivity (Wildman–Crippen MR) is 506 cm³/mol. The number of esters is 5. The van der Waals surface area contributed by atoms with Crippen molar-refractivity contribution in [1.29, 1.82) is 0 Å². The maximum atomic E-state index is 13.5. The van der Waals surface area contributed by atoms with Crippen molar-refractivity contribution in [2.24, 2.45) is 10.8 Å². The number of aromatic nitrogens is 12. The van der Waals surface area contributed by atoms with Crippen LogP contribution in [0, 0.1) is 47.9 Å². The summed E-state index contributed by atoms with van der Waals surface area (Å²) in [6, 6.07) is 19.1. The molecule has 3 unspecified atom stereocenters. The largest absolute Gasteiger partial charge is 0.479 e. The highest BCUT2D eigenvalue weighted by atomic mass is 35.5. The maximum absolute atomic E-state index is 13.5. The first-order valence-corrected chi connectivity index (χ1v) is 46.0. The molecule has 0 radical (unpaired) electrons. The van der Waals surface area contributed by atoms with Crippen LogP contribution in [-0.4, -0.2) is 288 Å². The lowest BCUT2D eigenvalue weighted by molar-refractivity contribution is -0.201. The number of hydrogen-bond donors (Lipinski definition) is 9. The molecule has 46 nitrogen and oxygen atoms in total. The molecule has 0 saturated carbocycles.